The molecule has 0 fully saturated rings. The molecule has 0 aliphatic heterocycles. The summed E-state index contributed by atoms with van der Waals surface area (Å²) in [4.78, 5) is 32.5. The van der Waals surface area contributed by atoms with Crippen LogP contribution in [0, 0.1) is 18.3 Å². The highest BCUT2D eigenvalue weighted by molar-refractivity contribution is 6.03. The number of ether oxygens (including phenoxy) is 1. The van der Waals surface area contributed by atoms with Crippen molar-refractivity contribution in [2.75, 3.05) is 17.7 Å². The number of methoxy groups -OCH3 is 1. The molecule has 2 aromatic carbocycles. The van der Waals surface area contributed by atoms with Crippen LogP contribution in [0.3, 0.4) is 0 Å². The molecule has 2 N–H and O–H groups in total. The number of hydrogen-bond acceptors (Lipinski definition) is 7. The summed E-state index contributed by atoms with van der Waals surface area (Å²) < 4.78 is 4.67. The van der Waals surface area contributed by atoms with Crippen LogP contribution in [0.25, 0.3) is 0 Å². The summed E-state index contributed by atoms with van der Waals surface area (Å²) in [5, 5.41) is 14.7. The Morgan fingerprint density at radius 2 is 1.66 bits per heavy atom. The maximum Gasteiger partial charge on any atom is 0.337 e. The van der Waals surface area contributed by atoms with Crippen LogP contribution >= 0.6 is 0 Å². The van der Waals surface area contributed by atoms with Gasteiger partial charge in [0.1, 0.15) is 17.3 Å². The zero-order valence-electron chi connectivity index (χ0n) is 15.8. The first-order valence-corrected chi connectivity index (χ1v) is 8.61. The predicted octanol–water partition coefficient (Wildman–Crippen LogP) is 3.44. The van der Waals surface area contributed by atoms with Crippen LogP contribution in [0.1, 0.15) is 32.2 Å². The number of carbonyl (C=O) groups is 2. The van der Waals surface area contributed by atoms with E-state index in [1.807, 2.05) is 6.07 Å². The van der Waals surface area contributed by atoms with Crippen LogP contribution < -0.4 is 10.6 Å². The minimum Gasteiger partial charge on any atom is -0.465 e. The molecule has 1 aromatic heterocycles. The van der Waals surface area contributed by atoms with Gasteiger partial charge in [-0.25, -0.2) is 14.8 Å². The first-order chi connectivity index (χ1) is 14.0. The highest BCUT2D eigenvalue weighted by Crippen LogP contribution is 2.18. The highest BCUT2D eigenvalue weighted by Gasteiger charge is 2.12. The van der Waals surface area contributed by atoms with Gasteiger partial charge in [-0.05, 0) is 55.5 Å². The molecular formula is C21H17N5O3. The van der Waals surface area contributed by atoms with E-state index >= 15 is 0 Å². The summed E-state index contributed by atoms with van der Waals surface area (Å²) in [7, 11) is 1.32. The van der Waals surface area contributed by atoms with Crippen LogP contribution in [0.15, 0.2) is 54.6 Å². The lowest BCUT2D eigenvalue weighted by atomic mass is 10.2. The van der Waals surface area contributed by atoms with E-state index in [2.05, 4.69) is 25.3 Å². The second kappa shape index (κ2) is 8.63. The lowest BCUT2D eigenvalue weighted by Crippen LogP contribution is -2.15. The first-order valence-electron chi connectivity index (χ1n) is 8.61. The minimum absolute atomic E-state index is 0.190. The zero-order chi connectivity index (χ0) is 20.8. The molecule has 0 atom stereocenters. The number of hydrogen-bond donors (Lipinski definition) is 2. The SMILES string of the molecule is COC(=O)c1ccc(Nc2cc(C(=O)Nc3ccc(C#N)cc3)nc(C)n2)cc1. The van der Waals surface area contributed by atoms with E-state index in [4.69, 9.17) is 5.26 Å². The average molecular weight is 387 g/mol. The van der Waals surface area contributed by atoms with Gasteiger partial charge < -0.3 is 15.4 Å². The molecule has 0 aliphatic rings. The third kappa shape index (κ3) is 4.93. The highest BCUT2D eigenvalue weighted by atomic mass is 16.5. The van der Waals surface area contributed by atoms with Gasteiger partial charge >= 0.3 is 5.97 Å². The molecular weight excluding hydrogens is 370 g/mol. The number of aromatic nitrogens is 2. The van der Waals surface area contributed by atoms with Crippen molar-refractivity contribution >= 4 is 29.1 Å². The van der Waals surface area contributed by atoms with Gasteiger partial charge in [-0.1, -0.05) is 0 Å². The summed E-state index contributed by atoms with van der Waals surface area (Å²) in [5.41, 5.74) is 2.37. The number of carbonyl (C=O) groups excluding carboxylic acids is 2. The van der Waals surface area contributed by atoms with E-state index < -0.39 is 11.9 Å². The number of anilines is 3. The number of esters is 1. The molecule has 144 valence electrons. The molecule has 0 bridgehead atoms. The maximum absolute atomic E-state index is 12.5. The molecule has 0 spiro atoms. The maximum atomic E-state index is 12.5. The summed E-state index contributed by atoms with van der Waals surface area (Å²) in [6.45, 7) is 1.68. The van der Waals surface area contributed by atoms with E-state index in [1.54, 1.807) is 55.5 Å². The summed E-state index contributed by atoms with van der Waals surface area (Å²) in [5.74, 6) is 0.0416. The van der Waals surface area contributed by atoms with E-state index in [-0.39, 0.29) is 5.69 Å². The molecule has 29 heavy (non-hydrogen) atoms. The number of nitriles is 1. The van der Waals surface area contributed by atoms with Crippen molar-refractivity contribution in [1.29, 1.82) is 5.26 Å². The minimum atomic E-state index is -0.420. The monoisotopic (exact) mass is 387 g/mol. The fraction of sp³-hybridized carbons (Fsp3) is 0.0952. The lowest BCUT2D eigenvalue weighted by Gasteiger charge is -2.10. The topological polar surface area (TPSA) is 117 Å². The molecule has 1 heterocycles. The smallest absolute Gasteiger partial charge is 0.337 e. The van der Waals surface area contributed by atoms with Gasteiger partial charge in [0.2, 0.25) is 0 Å². The predicted molar refractivity (Wildman–Crippen MR) is 107 cm³/mol. The Bertz CT molecular complexity index is 1090. The van der Waals surface area contributed by atoms with Crippen molar-refractivity contribution in [3.63, 3.8) is 0 Å². The standard InChI is InChI=1S/C21H17N5O3/c1-13-23-18(20(27)26-17-7-3-14(12-22)4-8-17)11-19(24-13)25-16-9-5-15(6-10-16)21(28)29-2/h3-11H,1-2H3,(H,26,27)(H,23,24,25). The van der Waals surface area contributed by atoms with Crippen molar-refractivity contribution in [3.8, 4) is 6.07 Å². The average Bonchev–Trinajstić information content (AvgIpc) is 2.74. The molecule has 0 saturated carbocycles. The summed E-state index contributed by atoms with van der Waals surface area (Å²) in [6.07, 6.45) is 0. The van der Waals surface area contributed by atoms with Crippen molar-refractivity contribution in [1.82, 2.24) is 9.97 Å². The van der Waals surface area contributed by atoms with Gasteiger partial charge in [-0.3, -0.25) is 4.79 Å². The number of nitrogens with one attached hydrogen (secondary N) is 2. The lowest BCUT2D eigenvalue weighted by molar-refractivity contribution is 0.0600. The van der Waals surface area contributed by atoms with Gasteiger partial charge in [-0.2, -0.15) is 5.26 Å². The van der Waals surface area contributed by atoms with Crippen LogP contribution in [-0.2, 0) is 4.74 Å². The van der Waals surface area contributed by atoms with E-state index in [9.17, 15) is 9.59 Å². The normalized spacial score (nSPS) is 9.97. The Balaban J connectivity index is 1.75. The number of rotatable bonds is 5. The van der Waals surface area contributed by atoms with Crippen LogP contribution in [0.4, 0.5) is 17.2 Å². The zero-order valence-corrected chi connectivity index (χ0v) is 15.8. The Labute approximate surface area is 167 Å². The molecule has 0 aliphatic carbocycles. The van der Waals surface area contributed by atoms with Gasteiger partial charge in [0, 0.05) is 17.4 Å². The first kappa shape index (κ1) is 19.5. The number of benzene rings is 2. The Hall–Kier alpha value is -4.25. The third-order valence-electron chi connectivity index (χ3n) is 3.92. The van der Waals surface area contributed by atoms with Crippen molar-refractivity contribution in [2.24, 2.45) is 0 Å². The van der Waals surface area contributed by atoms with Crippen LogP contribution in [-0.4, -0.2) is 29.0 Å². The molecule has 3 aromatic rings. The van der Waals surface area contributed by atoms with Crippen LogP contribution in [0.5, 0.6) is 0 Å². The number of amides is 1. The van der Waals surface area contributed by atoms with Gasteiger partial charge in [0.05, 0.1) is 24.3 Å². The van der Waals surface area contributed by atoms with E-state index in [0.717, 1.165) is 0 Å². The molecule has 0 unspecified atom stereocenters. The number of nitrogens with zero attached hydrogens (tertiary/aromatic N) is 3. The second-order valence-corrected chi connectivity index (χ2v) is 6.02. The van der Waals surface area contributed by atoms with Crippen molar-refractivity contribution in [3.05, 3.63) is 77.2 Å². The Morgan fingerprint density at radius 1 is 1.00 bits per heavy atom. The van der Waals surface area contributed by atoms with E-state index in [0.29, 0.717) is 34.1 Å². The summed E-state index contributed by atoms with van der Waals surface area (Å²) in [6, 6.07) is 16.7. The Kier molecular flexibility index (Phi) is 5.80. The van der Waals surface area contributed by atoms with Crippen LogP contribution in [0.2, 0.25) is 0 Å². The number of aryl methyl sites for hydroxylation is 1. The van der Waals surface area contributed by atoms with E-state index in [1.165, 1.54) is 13.2 Å². The van der Waals surface area contributed by atoms with Gasteiger partial charge in [0.15, 0.2) is 0 Å². The van der Waals surface area contributed by atoms with Gasteiger partial charge in [-0.15, -0.1) is 0 Å². The largest absolute Gasteiger partial charge is 0.465 e. The molecule has 1 amide bonds. The summed E-state index contributed by atoms with van der Waals surface area (Å²) >= 11 is 0. The third-order valence-corrected chi connectivity index (χ3v) is 3.92. The van der Waals surface area contributed by atoms with Gasteiger partial charge in [0.25, 0.3) is 5.91 Å². The fourth-order valence-corrected chi connectivity index (χ4v) is 2.53. The molecule has 3 rings (SSSR count). The molecule has 0 radical (unpaired) electrons. The second-order valence-electron chi connectivity index (χ2n) is 6.02. The van der Waals surface area contributed by atoms with Crippen molar-refractivity contribution in [2.45, 2.75) is 6.92 Å². The molecule has 0 saturated heterocycles. The molecule has 8 heteroatoms. The quantitative estimate of drug-likeness (QED) is 0.644. The Morgan fingerprint density at radius 3 is 2.28 bits per heavy atom. The fourth-order valence-electron chi connectivity index (χ4n) is 2.53. The van der Waals surface area contributed by atoms with Crippen molar-refractivity contribution < 1.29 is 14.3 Å². The molecule has 8 nitrogen and oxygen atoms in total.